The molecule has 1 heterocycles. The van der Waals surface area contributed by atoms with Crippen molar-refractivity contribution in [2.45, 2.75) is 19.4 Å². The zero-order valence-electron chi connectivity index (χ0n) is 13.3. The Hall–Kier alpha value is -2.12. The van der Waals surface area contributed by atoms with Gasteiger partial charge in [0.2, 0.25) is 5.91 Å². The van der Waals surface area contributed by atoms with Gasteiger partial charge in [0.15, 0.2) is 5.13 Å². The second-order valence-electron chi connectivity index (χ2n) is 4.86. The number of nitrogens with zero attached hydrogens (tertiary/aromatic N) is 2. The molecular weight excluding hydrogens is 314 g/mol. The molecule has 1 aromatic carbocycles. The third-order valence-electron chi connectivity index (χ3n) is 3.37. The van der Waals surface area contributed by atoms with E-state index in [1.54, 1.807) is 31.4 Å². The predicted octanol–water partition coefficient (Wildman–Crippen LogP) is 2.43. The van der Waals surface area contributed by atoms with Gasteiger partial charge in [-0.15, -0.1) is 11.3 Å². The topological polar surface area (TPSA) is 77.7 Å². The number of amides is 1. The number of methoxy groups -OCH3 is 2. The van der Waals surface area contributed by atoms with Crippen LogP contribution in [0.1, 0.15) is 18.4 Å². The van der Waals surface area contributed by atoms with Gasteiger partial charge >= 0.3 is 0 Å². The third-order valence-corrected chi connectivity index (χ3v) is 4.16. The molecule has 0 saturated carbocycles. The van der Waals surface area contributed by atoms with E-state index in [4.69, 9.17) is 15.2 Å². The molecule has 1 aromatic heterocycles. The Morgan fingerprint density at radius 2 is 2.17 bits per heavy atom. The van der Waals surface area contributed by atoms with E-state index in [2.05, 4.69) is 4.98 Å². The number of hydrogen-bond acceptors (Lipinski definition) is 6. The van der Waals surface area contributed by atoms with Crippen LogP contribution in [0.2, 0.25) is 0 Å². The lowest BCUT2D eigenvalue weighted by Crippen LogP contribution is -2.30. The van der Waals surface area contributed by atoms with Crippen molar-refractivity contribution in [3.05, 3.63) is 35.3 Å². The summed E-state index contributed by atoms with van der Waals surface area (Å²) >= 11 is 1.43. The van der Waals surface area contributed by atoms with Crippen LogP contribution in [0.25, 0.3) is 0 Å². The molecule has 0 atom stereocenters. The lowest BCUT2D eigenvalue weighted by Gasteiger charge is -2.21. The van der Waals surface area contributed by atoms with E-state index in [1.807, 2.05) is 17.5 Å². The number of carbonyl (C=O) groups excluding carboxylic acids is 1. The van der Waals surface area contributed by atoms with Crippen LogP contribution >= 0.6 is 11.3 Å². The summed E-state index contributed by atoms with van der Waals surface area (Å²) in [5.74, 6) is 1.39. The molecule has 2 rings (SSSR count). The Balaban J connectivity index is 2.25. The number of rotatable bonds is 8. The molecule has 0 unspecified atom stereocenters. The summed E-state index contributed by atoms with van der Waals surface area (Å²) in [5, 5.41) is 2.52. The van der Waals surface area contributed by atoms with Crippen LogP contribution in [0, 0.1) is 0 Å². The fourth-order valence-electron chi connectivity index (χ4n) is 2.15. The summed E-state index contributed by atoms with van der Waals surface area (Å²) in [7, 11) is 3.20. The molecule has 0 bridgehead atoms. The second kappa shape index (κ2) is 8.50. The molecule has 0 saturated heterocycles. The Morgan fingerprint density at radius 3 is 2.78 bits per heavy atom. The van der Waals surface area contributed by atoms with Gasteiger partial charge < -0.3 is 15.2 Å². The van der Waals surface area contributed by atoms with Crippen LogP contribution in [0.3, 0.4) is 0 Å². The maximum Gasteiger partial charge on any atom is 0.229 e. The van der Waals surface area contributed by atoms with Gasteiger partial charge in [-0.05, 0) is 25.1 Å². The second-order valence-corrected chi connectivity index (χ2v) is 5.74. The molecule has 0 spiro atoms. The number of nitrogens with two attached hydrogens (primary N) is 1. The average Bonchev–Trinajstić information content (AvgIpc) is 3.11. The first-order valence-corrected chi connectivity index (χ1v) is 8.18. The Bertz CT molecular complexity index is 632. The van der Waals surface area contributed by atoms with Gasteiger partial charge in [-0.3, -0.25) is 9.69 Å². The van der Waals surface area contributed by atoms with Gasteiger partial charge in [-0.2, -0.15) is 0 Å². The van der Waals surface area contributed by atoms with Crippen molar-refractivity contribution in [2.24, 2.45) is 5.73 Å². The smallest absolute Gasteiger partial charge is 0.229 e. The first-order valence-electron chi connectivity index (χ1n) is 7.30. The first kappa shape index (κ1) is 17.2. The number of ether oxygens (including phenoxy) is 2. The van der Waals surface area contributed by atoms with E-state index >= 15 is 0 Å². The van der Waals surface area contributed by atoms with Gasteiger partial charge in [-0.1, -0.05) is 0 Å². The zero-order chi connectivity index (χ0) is 16.7. The largest absolute Gasteiger partial charge is 0.497 e. The molecule has 1 amide bonds. The monoisotopic (exact) mass is 335 g/mol. The van der Waals surface area contributed by atoms with E-state index in [1.165, 1.54) is 11.3 Å². The van der Waals surface area contributed by atoms with Gasteiger partial charge in [0, 0.05) is 29.6 Å². The van der Waals surface area contributed by atoms with Gasteiger partial charge in [0.05, 0.1) is 20.8 Å². The van der Waals surface area contributed by atoms with Crippen LogP contribution in [0.5, 0.6) is 11.5 Å². The summed E-state index contributed by atoms with van der Waals surface area (Å²) in [6.45, 7) is 0.882. The molecule has 124 valence electrons. The highest BCUT2D eigenvalue weighted by molar-refractivity contribution is 7.13. The molecule has 6 nitrogen and oxygen atoms in total. The van der Waals surface area contributed by atoms with Crippen molar-refractivity contribution in [1.82, 2.24) is 4.98 Å². The van der Waals surface area contributed by atoms with Crippen LogP contribution in [0.4, 0.5) is 5.13 Å². The predicted molar refractivity (Wildman–Crippen MR) is 91.1 cm³/mol. The number of carbonyl (C=O) groups is 1. The molecule has 0 aliphatic heterocycles. The van der Waals surface area contributed by atoms with E-state index in [0.29, 0.717) is 42.6 Å². The lowest BCUT2D eigenvalue weighted by molar-refractivity contribution is -0.118. The van der Waals surface area contributed by atoms with E-state index in [9.17, 15) is 4.79 Å². The SMILES string of the molecule is COc1ccc(CN(C(=O)CCCN)c2nccs2)c(OC)c1. The van der Waals surface area contributed by atoms with Crippen molar-refractivity contribution in [1.29, 1.82) is 0 Å². The van der Waals surface area contributed by atoms with Crippen molar-refractivity contribution < 1.29 is 14.3 Å². The zero-order valence-corrected chi connectivity index (χ0v) is 14.1. The Labute approximate surface area is 139 Å². The highest BCUT2D eigenvalue weighted by Crippen LogP contribution is 2.28. The maximum absolute atomic E-state index is 12.5. The summed E-state index contributed by atoms with van der Waals surface area (Å²) < 4.78 is 10.6. The Kier molecular flexibility index (Phi) is 6.37. The molecule has 0 aliphatic carbocycles. The average molecular weight is 335 g/mol. The van der Waals surface area contributed by atoms with Crippen molar-refractivity contribution >= 4 is 22.4 Å². The summed E-state index contributed by atoms with van der Waals surface area (Å²) in [6.07, 6.45) is 2.74. The molecule has 0 radical (unpaired) electrons. The van der Waals surface area contributed by atoms with Crippen molar-refractivity contribution in [3.63, 3.8) is 0 Å². The highest BCUT2D eigenvalue weighted by atomic mass is 32.1. The lowest BCUT2D eigenvalue weighted by atomic mass is 10.1. The van der Waals surface area contributed by atoms with E-state index in [0.717, 1.165) is 5.56 Å². The van der Waals surface area contributed by atoms with Crippen LogP contribution < -0.4 is 20.1 Å². The molecule has 23 heavy (non-hydrogen) atoms. The number of benzene rings is 1. The van der Waals surface area contributed by atoms with Crippen LogP contribution in [0.15, 0.2) is 29.8 Å². The summed E-state index contributed by atoms with van der Waals surface area (Å²) in [4.78, 5) is 18.4. The minimum Gasteiger partial charge on any atom is -0.497 e. The first-order chi connectivity index (χ1) is 11.2. The van der Waals surface area contributed by atoms with Crippen LogP contribution in [-0.2, 0) is 11.3 Å². The van der Waals surface area contributed by atoms with Crippen molar-refractivity contribution in [3.8, 4) is 11.5 Å². The standard InChI is InChI=1S/C16H21N3O3S/c1-21-13-6-5-12(14(10-13)22-2)11-19(15(20)4-3-7-17)16-18-8-9-23-16/h5-6,8-10H,3-4,7,11,17H2,1-2H3. The molecule has 0 fully saturated rings. The molecule has 0 aliphatic rings. The fraction of sp³-hybridized carbons (Fsp3) is 0.375. The van der Waals surface area contributed by atoms with Gasteiger partial charge in [0.25, 0.3) is 0 Å². The number of thiazole rings is 1. The van der Waals surface area contributed by atoms with Crippen molar-refractivity contribution in [2.75, 3.05) is 25.7 Å². The van der Waals surface area contributed by atoms with E-state index < -0.39 is 0 Å². The Morgan fingerprint density at radius 1 is 1.35 bits per heavy atom. The molecule has 2 aromatic rings. The minimum absolute atomic E-state index is 0.00303. The molecule has 7 heteroatoms. The summed E-state index contributed by atoms with van der Waals surface area (Å²) in [6, 6.07) is 5.55. The number of aromatic nitrogens is 1. The number of hydrogen-bond donors (Lipinski definition) is 1. The summed E-state index contributed by atoms with van der Waals surface area (Å²) in [5.41, 5.74) is 6.40. The molecule has 2 N–H and O–H groups in total. The third kappa shape index (κ3) is 4.43. The maximum atomic E-state index is 12.5. The number of anilines is 1. The quantitative estimate of drug-likeness (QED) is 0.802. The van der Waals surface area contributed by atoms with Gasteiger partial charge in [0.1, 0.15) is 11.5 Å². The normalized spacial score (nSPS) is 10.4. The van der Waals surface area contributed by atoms with E-state index in [-0.39, 0.29) is 5.91 Å². The fourth-order valence-corrected chi connectivity index (χ4v) is 2.81. The highest BCUT2D eigenvalue weighted by Gasteiger charge is 2.20. The molecular formula is C16H21N3O3S. The van der Waals surface area contributed by atoms with Crippen LogP contribution in [-0.4, -0.2) is 31.7 Å². The minimum atomic E-state index is 0.00303. The van der Waals surface area contributed by atoms with Gasteiger partial charge in [-0.25, -0.2) is 4.98 Å².